The lowest BCUT2D eigenvalue weighted by Crippen LogP contribution is -2.06. The van der Waals surface area contributed by atoms with Crippen molar-refractivity contribution < 1.29 is 10.2 Å². The van der Waals surface area contributed by atoms with E-state index in [9.17, 15) is 4.79 Å². The van der Waals surface area contributed by atoms with Crippen LogP contribution in [0, 0.1) is 0 Å². The maximum absolute atomic E-state index is 10.8. The van der Waals surface area contributed by atoms with Gasteiger partial charge in [0.05, 0.1) is 6.20 Å². The van der Waals surface area contributed by atoms with Gasteiger partial charge in [0, 0.05) is 0 Å². The average molecular weight is 172 g/mol. The van der Waals surface area contributed by atoms with Gasteiger partial charge in [-0.25, -0.2) is 4.79 Å². The number of nitrogens with one attached hydrogen (secondary N) is 1. The average Bonchev–Trinajstić information content (AvgIpc) is 2.43. The molecule has 0 aliphatic carbocycles. The number of nitrogens with zero attached hydrogens (tertiary/aromatic N) is 1. The van der Waals surface area contributed by atoms with Crippen molar-refractivity contribution in [2.45, 2.75) is 0 Å². The largest absolute Gasteiger partial charge is 0.503 e. The molecule has 0 saturated carbocycles. The summed E-state index contributed by atoms with van der Waals surface area (Å²) >= 11 is 0.977. The summed E-state index contributed by atoms with van der Waals surface area (Å²) in [6.07, 6.45) is 1.17. The number of fused-ring (bicyclic) bond motifs is 1. The van der Waals surface area contributed by atoms with Crippen LogP contribution in [0.1, 0.15) is 0 Å². The maximum Gasteiger partial charge on any atom is 0.340 e. The van der Waals surface area contributed by atoms with Gasteiger partial charge in [0.15, 0.2) is 16.3 Å². The molecule has 2 aromatic heterocycles. The maximum atomic E-state index is 10.8. The number of aromatic hydroxyl groups is 2. The van der Waals surface area contributed by atoms with Gasteiger partial charge in [0.1, 0.15) is 0 Å². The minimum atomic E-state index is -0.361. The predicted octanol–water partition coefficient (Wildman–Crippen LogP) is 0.100. The molecule has 0 bridgehead atoms. The molecule has 0 amide bonds. The highest BCUT2D eigenvalue weighted by molar-refractivity contribution is 7.12. The Bertz CT molecular complexity index is 452. The summed E-state index contributed by atoms with van der Waals surface area (Å²) in [5.41, 5.74) is -0.361. The Kier molecular flexibility index (Phi) is 1.02. The summed E-state index contributed by atoms with van der Waals surface area (Å²) in [6, 6.07) is 0. The number of H-pyrrole nitrogens is 1. The number of hydrogen-bond acceptors (Lipinski definition) is 4. The molecular weight excluding hydrogens is 168 g/mol. The van der Waals surface area contributed by atoms with Crippen molar-refractivity contribution in [1.29, 1.82) is 0 Å². The smallest absolute Gasteiger partial charge is 0.340 e. The molecule has 58 valence electrons. The third-order valence-electron chi connectivity index (χ3n) is 1.37. The number of hydrogen-bond donors (Lipinski definition) is 3. The van der Waals surface area contributed by atoms with E-state index in [1.165, 1.54) is 6.20 Å². The fraction of sp³-hybridized carbons (Fsp3) is 0. The van der Waals surface area contributed by atoms with Gasteiger partial charge in [-0.3, -0.25) is 8.77 Å². The first kappa shape index (κ1) is 6.29. The van der Waals surface area contributed by atoms with Crippen LogP contribution in [0.3, 0.4) is 0 Å². The zero-order valence-electron chi connectivity index (χ0n) is 5.24. The minimum Gasteiger partial charge on any atom is -0.503 e. The zero-order chi connectivity index (χ0) is 8.01. The number of rotatable bonds is 0. The molecule has 0 atom stereocenters. The molecule has 6 heteroatoms. The quantitative estimate of drug-likeness (QED) is 0.527. The highest BCUT2D eigenvalue weighted by atomic mass is 32.1. The topological polar surface area (TPSA) is 77.7 Å². The van der Waals surface area contributed by atoms with E-state index in [4.69, 9.17) is 10.2 Å². The van der Waals surface area contributed by atoms with Crippen molar-refractivity contribution in [2.75, 3.05) is 0 Å². The minimum absolute atomic E-state index is 0.256. The van der Waals surface area contributed by atoms with Gasteiger partial charge < -0.3 is 10.2 Å². The van der Waals surface area contributed by atoms with Crippen LogP contribution in [0.2, 0.25) is 0 Å². The molecule has 3 N–H and O–H groups in total. The van der Waals surface area contributed by atoms with Gasteiger partial charge in [0.2, 0.25) is 0 Å². The van der Waals surface area contributed by atoms with Gasteiger partial charge >= 0.3 is 5.69 Å². The molecule has 2 heterocycles. The molecule has 0 unspecified atom stereocenters. The van der Waals surface area contributed by atoms with Crippen LogP contribution in [0.5, 0.6) is 11.5 Å². The van der Waals surface area contributed by atoms with E-state index in [-0.39, 0.29) is 17.2 Å². The number of aromatic nitrogens is 2. The first-order valence-corrected chi connectivity index (χ1v) is 3.62. The van der Waals surface area contributed by atoms with Gasteiger partial charge in [-0.05, 0) is 11.5 Å². The van der Waals surface area contributed by atoms with E-state index in [2.05, 4.69) is 4.37 Å². The second-order valence-corrected chi connectivity index (χ2v) is 2.84. The van der Waals surface area contributed by atoms with Crippen molar-refractivity contribution in [3.05, 3.63) is 16.7 Å². The van der Waals surface area contributed by atoms with E-state index in [1.807, 2.05) is 0 Å². The van der Waals surface area contributed by atoms with Crippen LogP contribution in [0.15, 0.2) is 11.0 Å². The first-order chi connectivity index (χ1) is 5.20. The lowest BCUT2D eigenvalue weighted by molar-refractivity contribution is 0.411. The van der Waals surface area contributed by atoms with Crippen molar-refractivity contribution in [3.8, 4) is 11.5 Å². The lowest BCUT2D eigenvalue weighted by atomic mass is 10.6. The van der Waals surface area contributed by atoms with E-state index in [1.54, 1.807) is 0 Å². The molecule has 2 aromatic rings. The molecule has 0 spiro atoms. The van der Waals surface area contributed by atoms with Crippen LogP contribution in [0.25, 0.3) is 4.83 Å². The van der Waals surface area contributed by atoms with E-state index < -0.39 is 0 Å². The van der Waals surface area contributed by atoms with E-state index >= 15 is 0 Å². The Morgan fingerprint density at radius 1 is 1.55 bits per heavy atom. The fourth-order valence-electron chi connectivity index (χ4n) is 0.855. The van der Waals surface area contributed by atoms with E-state index in [0.717, 1.165) is 15.9 Å². The molecule has 0 fully saturated rings. The van der Waals surface area contributed by atoms with Crippen LogP contribution in [0.4, 0.5) is 0 Å². The summed E-state index contributed by atoms with van der Waals surface area (Å²) in [6.45, 7) is 0. The summed E-state index contributed by atoms with van der Waals surface area (Å²) < 4.78 is 3.55. The molecule has 2 rings (SSSR count). The van der Waals surface area contributed by atoms with E-state index in [0.29, 0.717) is 4.83 Å². The lowest BCUT2D eigenvalue weighted by Gasteiger charge is -1.81. The van der Waals surface area contributed by atoms with Gasteiger partial charge in [-0.15, -0.1) is 0 Å². The second kappa shape index (κ2) is 1.79. The van der Waals surface area contributed by atoms with Crippen LogP contribution in [-0.4, -0.2) is 19.0 Å². The van der Waals surface area contributed by atoms with Gasteiger partial charge in [-0.1, -0.05) is 0 Å². The Morgan fingerprint density at radius 2 is 2.27 bits per heavy atom. The molecule has 0 aliphatic heterocycles. The van der Waals surface area contributed by atoms with Crippen LogP contribution >= 0.6 is 11.5 Å². The highest BCUT2D eigenvalue weighted by Crippen LogP contribution is 2.31. The third kappa shape index (κ3) is 0.666. The van der Waals surface area contributed by atoms with Crippen molar-refractivity contribution in [2.24, 2.45) is 0 Å². The Morgan fingerprint density at radius 3 is 2.91 bits per heavy atom. The molecule has 0 aromatic carbocycles. The monoisotopic (exact) mass is 172 g/mol. The second-order valence-electron chi connectivity index (χ2n) is 2.05. The predicted molar refractivity (Wildman–Crippen MR) is 39.2 cm³/mol. The zero-order valence-corrected chi connectivity index (χ0v) is 6.05. The summed E-state index contributed by atoms with van der Waals surface area (Å²) in [5.74, 6) is -0.532. The molecule has 5 nitrogen and oxygen atoms in total. The Labute approximate surface area is 64.3 Å². The van der Waals surface area contributed by atoms with Crippen molar-refractivity contribution in [1.82, 2.24) is 8.77 Å². The Balaban J connectivity index is 3.05. The summed E-state index contributed by atoms with van der Waals surface area (Å²) in [7, 11) is 0. The number of aromatic amines is 1. The van der Waals surface area contributed by atoms with Crippen molar-refractivity contribution >= 4 is 16.4 Å². The molecule has 11 heavy (non-hydrogen) atoms. The van der Waals surface area contributed by atoms with Crippen LogP contribution < -0.4 is 5.69 Å². The standard InChI is InChI=1S/C5H4N2O3S/c8-2-1-7-4(3(2)9)11-6-5(7)10/h1,8-9H,(H,6,10). The summed E-state index contributed by atoms with van der Waals surface area (Å²) in [5, 5.41) is 18.0. The highest BCUT2D eigenvalue weighted by Gasteiger charge is 2.11. The SMILES string of the molecule is O=c1[nH]sc2c(O)c(O)cn12. The molecule has 0 aliphatic rings. The molecular formula is C5H4N2O3S. The van der Waals surface area contributed by atoms with Crippen molar-refractivity contribution in [3.63, 3.8) is 0 Å². The summed E-state index contributed by atoms with van der Waals surface area (Å²) in [4.78, 5) is 11.2. The normalized spacial score (nSPS) is 10.9. The molecule has 0 saturated heterocycles. The fourth-order valence-corrected chi connectivity index (χ4v) is 1.57. The first-order valence-electron chi connectivity index (χ1n) is 2.80. The third-order valence-corrected chi connectivity index (χ3v) is 2.23. The molecule has 0 radical (unpaired) electrons. The van der Waals surface area contributed by atoms with Gasteiger partial charge in [-0.2, -0.15) is 0 Å². The van der Waals surface area contributed by atoms with Crippen LogP contribution in [-0.2, 0) is 0 Å². The van der Waals surface area contributed by atoms with Gasteiger partial charge in [0.25, 0.3) is 0 Å². The Hall–Kier alpha value is -1.43.